The number of carbonyl (C=O) groups is 3. The van der Waals surface area contributed by atoms with Gasteiger partial charge in [0.15, 0.2) is 11.9 Å². The van der Waals surface area contributed by atoms with E-state index in [1.54, 1.807) is 28.8 Å². The topological polar surface area (TPSA) is 133 Å². The fraction of sp³-hybridized carbons (Fsp3) is 0.360. The lowest BCUT2D eigenvalue weighted by atomic mass is 10.1. The Morgan fingerprint density at radius 3 is 2.66 bits per heavy atom. The summed E-state index contributed by atoms with van der Waals surface area (Å²) in [5.74, 6) is -0.153. The van der Waals surface area contributed by atoms with Crippen molar-refractivity contribution in [1.29, 1.82) is 5.26 Å². The number of nitrogens with zero attached hydrogens (tertiary/aromatic N) is 5. The number of aldehydes is 1. The lowest BCUT2D eigenvalue weighted by Crippen LogP contribution is -2.24. The van der Waals surface area contributed by atoms with Crippen LogP contribution in [0.2, 0.25) is 0 Å². The number of pyridine rings is 1. The monoisotopic (exact) mass is 475 g/mol. The predicted octanol–water partition coefficient (Wildman–Crippen LogP) is 2.61. The largest absolute Gasteiger partial charge is 0.359 e. The molecule has 10 heteroatoms. The van der Waals surface area contributed by atoms with Gasteiger partial charge in [0.1, 0.15) is 5.52 Å². The van der Waals surface area contributed by atoms with Crippen LogP contribution in [0.4, 0.5) is 5.95 Å². The number of amides is 2. The maximum Gasteiger partial charge on any atom is 0.258 e. The summed E-state index contributed by atoms with van der Waals surface area (Å²) in [4.78, 5) is 45.1. The average Bonchev–Trinajstić information content (AvgIpc) is 3.23. The summed E-state index contributed by atoms with van der Waals surface area (Å²) < 4.78 is 1.71. The molecule has 182 valence electrons. The highest BCUT2D eigenvalue weighted by molar-refractivity contribution is 6.04. The minimum atomic E-state index is -0.421. The van der Waals surface area contributed by atoms with E-state index >= 15 is 0 Å². The molecule has 1 aliphatic heterocycles. The van der Waals surface area contributed by atoms with Crippen LogP contribution in [0.25, 0.3) is 11.2 Å². The van der Waals surface area contributed by atoms with Gasteiger partial charge < -0.3 is 10.2 Å². The molecule has 4 rings (SSSR count). The minimum Gasteiger partial charge on any atom is -0.359 e. The Bertz CT molecular complexity index is 1210. The Labute approximate surface area is 204 Å². The van der Waals surface area contributed by atoms with Crippen LogP contribution in [0.1, 0.15) is 52.0 Å². The molecule has 3 aromatic rings. The number of hydrogen-bond donors (Lipinski definition) is 2. The molecule has 1 aliphatic rings. The maximum atomic E-state index is 12.6. The zero-order valence-electron chi connectivity index (χ0n) is 19.7. The van der Waals surface area contributed by atoms with Crippen molar-refractivity contribution < 1.29 is 14.4 Å². The second-order valence-electron chi connectivity index (χ2n) is 8.25. The Balaban J connectivity index is 0.000000420. The molecule has 0 saturated carbocycles. The van der Waals surface area contributed by atoms with Gasteiger partial charge >= 0.3 is 0 Å². The number of nitriles is 1. The van der Waals surface area contributed by atoms with Crippen LogP contribution < -0.4 is 10.6 Å². The summed E-state index contributed by atoms with van der Waals surface area (Å²) in [6, 6.07) is 9.89. The predicted molar refractivity (Wildman–Crippen MR) is 132 cm³/mol. The molecule has 1 aromatic carbocycles. The fourth-order valence-electron chi connectivity index (χ4n) is 3.75. The minimum absolute atomic E-state index is 0.268. The number of aromatic nitrogens is 3. The number of likely N-dealkylation sites (tertiary alicyclic amines) is 1. The van der Waals surface area contributed by atoms with Gasteiger partial charge in [0.25, 0.3) is 5.91 Å². The van der Waals surface area contributed by atoms with Crippen LogP contribution in [0.15, 0.2) is 36.5 Å². The molecular formula is C25H29N7O3. The standard InChI is InChI=1S/C19H16N6O3.C6H13N/c20-9-13-3-1-4-15(7-13)18(28)24-19-23-16-8-14(11-26)10-22-17(16)25(19)6-2-5-21-12-27;1-7-5-3-2-4-6-7/h1,3-4,7-8,10-12H,2,5-6H2,(H,21,27)(H,23,24,28);2-6H2,1H3. The fourth-order valence-corrected chi connectivity index (χ4v) is 3.75. The molecule has 10 nitrogen and oxygen atoms in total. The molecule has 3 heterocycles. The SMILES string of the molecule is CN1CCCCC1.N#Cc1cccc(C(=O)Nc2nc3cc(C=O)cnc3n2CCCNC=O)c1. The molecule has 2 aromatic heterocycles. The zero-order valence-corrected chi connectivity index (χ0v) is 19.7. The van der Waals surface area contributed by atoms with Crippen LogP contribution in [-0.4, -0.2) is 64.7 Å². The van der Waals surface area contributed by atoms with Crippen molar-refractivity contribution in [2.75, 3.05) is 32.0 Å². The number of carbonyl (C=O) groups excluding carboxylic acids is 3. The van der Waals surface area contributed by atoms with Crippen molar-refractivity contribution in [3.8, 4) is 6.07 Å². The van der Waals surface area contributed by atoms with Crippen LogP contribution in [0.5, 0.6) is 0 Å². The van der Waals surface area contributed by atoms with E-state index in [1.165, 1.54) is 44.6 Å². The number of nitrogens with one attached hydrogen (secondary N) is 2. The van der Waals surface area contributed by atoms with Crippen LogP contribution in [0, 0.1) is 11.3 Å². The second-order valence-corrected chi connectivity index (χ2v) is 8.25. The molecule has 0 bridgehead atoms. The van der Waals surface area contributed by atoms with Crippen molar-refractivity contribution in [2.24, 2.45) is 0 Å². The van der Waals surface area contributed by atoms with Gasteiger partial charge in [0.2, 0.25) is 12.4 Å². The average molecular weight is 476 g/mol. The molecule has 0 radical (unpaired) electrons. The van der Waals surface area contributed by atoms with E-state index in [0.29, 0.717) is 60.1 Å². The van der Waals surface area contributed by atoms with Gasteiger partial charge in [0, 0.05) is 30.4 Å². The van der Waals surface area contributed by atoms with Crippen LogP contribution in [-0.2, 0) is 11.3 Å². The Kier molecular flexibility index (Phi) is 9.45. The van der Waals surface area contributed by atoms with Gasteiger partial charge in [-0.2, -0.15) is 5.26 Å². The summed E-state index contributed by atoms with van der Waals surface area (Å²) >= 11 is 0. The normalized spacial score (nSPS) is 13.3. The van der Waals surface area contributed by atoms with Crippen molar-refractivity contribution in [3.63, 3.8) is 0 Å². The summed E-state index contributed by atoms with van der Waals surface area (Å²) in [5.41, 5.74) is 2.05. The first-order valence-electron chi connectivity index (χ1n) is 11.5. The number of anilines is 1. The lowest BCUT2D eigenvalue weighted by Gasteiger charge is -2.20. The summed E-state index contributed by atoms with van der Waals surface area (Å²) in [6.07, 6.45) is 7.58. The van der Waals surface area contributed by atoms with E-state index in [0.717, 1.165) is 0 Å². The van der Waals surface area contributed by atoms with Crippen molar-refractivity contribution >= 4 is 35.7 Å². The van der Waals surface area contributed by atoms with Gasteiger partial charge in [-0.15, -0.1) is 0 Å². The number of aryl methyl sites for hydroxylation is 1. The van der Waals surface area contributed by atoms with E-state index in [-0.39, 0.29) is 5.95 Å². The maximum absolute atomic E-state index is 12.6. The number of benzene rings is 1. The third kappa shape index (κ3) is 7.19. The van der Waals surface area contributed by atoms with Crippen molar-refractivity contribution in [3.05, 3.63) is 53.2 Å². The van der Waals surface area contributed by atoms with Gasteiger partial charge in [-0.05, 0) is 63.7 Å². The number of piperidine rings is 1. The van der Waals surface area contributed by atoms with E-state index in [9.17, 15) is 14.4 Å². The molecule has 0 unspecified atom stereocenters. The Morgan fingerprint density at radius 1 is 1.20 bits per heavy atom. The summed E-state index contributed by atoms with van der Waals surface area (Å²) in [6.45, 7) is 3.53. The van der Waals surface area contributed by atoms with Crippen molar-refractivity contribution in [2.45, 2.75) is 32.2 Å². The molecule has 0 aliphatic carbocycles. The van der Waals surface area contributed by atoms with E-state index in [2.05, 4.69) is 32.5 Å². The summed E-state index contributed by atoms with van der Waals surface area (Å²) in [7, 11) is 2.19. The third-order valence-corrected chi connectivity index (χ3v) is 5.59. The first-order valence-corrected chi connectivity index (χ1v) is 11.5. The molecule has 1 saturated heterocycles. The van der Waals surface area contributed by atoms with Crippen molar-refractivity contribution in [1.82, 2.24) is 24.8 Å². The molecule has 2 amide bonds. The molecule has 1 fully saturated rings. The van der Waals surface area contributed by atoms with Gasteiger partial charge in [-0.3, -0.25) is 24.3 Å². The van der Waals surface area contributed by atoms with E-state index in [4.69, 9.17) is 5.26 Å². The number of hydrogen-bond acceptors (Lipinski definition) is 7. The Morgan fingerprint density at radius 2 is 2.00 bits per heavy atom. The molecular weight excluding hydrogens is 446 g/mol. The van der Waals surface area contributed by atoms with E-state index in [1.807, 2.05) is 6.07 Å². The highest BCUT2D eigenvalue weighted by Crippen LogP contribution is 2.20. The van der Waals surface area contributed by atoms with Crippen LogP contribution in [0.3, 0.4) is 0 Å². The van der Waals surface area contributed by atoms with E-state index < -0.39 is 5.91 Å². The molecule has 0 spiro atoms. The number of imidazole rings is 1. The van der Waals surface area contributed by atoms with Gasteiger partial charge in [-0.1, -0.05) is 12.5 Å². The zero-order chi connectivity index (χ0) is 25.0. The quantitative estimate of drug-likeness (QED) is 0.378. The van der Waals surface area contributed by atoms with Crippen LogP contribution >= 0.6 is 0 Å². The third-order valence-electron chi connectivity index (χ3n) is 5.59. The van der Waals surface area contributed by atoms with Gasteiger partial charge in [0.05, 0.1) is 11.6 Å². The number of fused-ring (bicyclic) bond motifs is 1. The first kappa shape index (κ1) is 25.5. The highest BCUT2D eigenvalue weighted by Gasteiger charge is 2.16. The number of rotatable bonds is 8. The molecule has 35 heavy (non-hydrogen) atoms. The smallest absolute Gasteiger partial charge is 0.258 e. The Hall–Kier alpha value is -4.10. The highest BCUT2D eigenvalue weighted by atomic mass is 16.2. The van der Waals surface area contributed by atoms with Gasteiger partial charge in [-0.25, -0.2) is 9.97 Å². The second kappa shape index (κ2) is 13.0. The first-order chi connectivity index (χ1) is 17.0. The molecule has 2 N–H and O–H groups in total. The summed E-state index contributed by atoms with van der Waals surface area (Å²) in [5, 5.41) is 14.3. The molecule has 0 atom stereocenters. The lowest BCUT2D eigenvalue weighted by molar-refractivity contribution is -0.109.